The zero-order valence-electron chi connectivity index (χ0n) is 32.9. The molecule has 0 aliphatic carbocycles. The summed E-state index contributed by atoms with van der Waals surface area (Å²) >= 11 is 0. The second kappa shape index (κ2) is 33.1. The molecule has 0 aromatic rings. The van der Waals surface area contributed by atoms with E-state index >= 15 is 0 Å². The van der Waals surface area contributed by atoms with Gasteiger partial charge in [-0.1, -0.05) is 154 Å². The van der Waals surface area contributed by atoms with Crippen molar-refractivity contribution in [3.63, 3.8) is 0 Å². The monoisotopic (exact) mass is 717 g/mol. The third-order valence-corrected chi connectivity index (χ3v) is 10.2. The molecule has 0 aromatic heterocycles. The molecule has 0 heterocycles. The van der Waals surface area contributed by atoms with Gasteiger partial charge in [-0.15, -0.1) is 0 Å². The molecule has 0 spiro atoms. The van der Waals surface area contributed by atoms with Gasteiger partial charge in [-0.2, -0.15) is 0 Å². The van der Waals surface area contributed by atoms with Crippen LogP contribution in [0, 0.1) is 0 Å². The molecule has 0 radical (unpaired) electrons. The highest BCUT2D eigenvalue weighted by Gasteiger charge is 2.24. The number of amides is 1. The molecule has 0 aliphatic rings. The Bertz CT molecular complexity index is 819. The molecule has 1 amide bonds. The van der Waals surface area contributed by atoms with Crippen LogP contribution in [0.1, 0.15) is 187 Å². The van der Waals surface area contributed by atoms with Crippen LogP contribution in [0.2, 0.25) is 0 Å². The number of carbonyl (C=O) groups is 1. The molecule has 0 saturated heterocycles. The fourth-order valence-corrected chi connectivity index (χ4v) is 6.64. The van der Waals surface area contributed by atoms with Gasteiger partial charge in [-0.3, -0.25) is 9.36 Å². The lowest BCUT2D eigenvalue weighted by Crippen LogP contribution is -2.46. The predicted octanol–water partition coefficient (Wildman–Crippen LogP) is 10.2. The first kappa shape index (κ1) is 48.2. The first-order chi connectivity index (χ1) is 23.5. The van der Waals surface area contributed by atoms with Crippen molar-refractivity contribution in [3.05, 3.63) is 12.2 Å². The third-order valence-electron chi connectivity index (χ3n) is 9.25. The quantitative estimate of drug-likeness (QED) is 0.0287. The molecule has 3 unspecified atom stereocenters. The van der Waals surface area contributed by atoms with E-state index in [0.717, 1.165) is 51.4 Å². The summed E-state index contributed by atoms with van der Waals surface area (Å²) in [5.74, 6) is -0.175. The smallest absolute Gasteiger partial charge is 0.268 e. The molecule has 8 nitrogen and oxygen atoms in total. The van der Waals surface area contributed by atoms with Crippen molar-refractivity contribution in [2.75, 3.05) is 40.9 Å². The summed E-state index contributed by atoms with van der Waals surface area (Å²) in [6, 6.07) is -0.799. The van der Waals surface area contributed by atoms with Crippen LogP contribution >= 0.6 is 7.82 Å². The Labute approximate surface area is 303 Å². The number of hydrogen-bond acceptors (Lipinski definition) is 6. The summed E-state index contributed by atoms with van der Waals surface area (Å²) in [4.78, 5) is 25.2. The lowest BCUT2D eigenvalue weighted by atomic mass is 10.0. The summed E-state index contributed by atoms with van der Waals surface area (Å²) in [5, 5.41) is 13.8. The van der Waals surface area contributed by atoms with Gasteiger partial charge in [-0.25, -0.2) is 0 Å². The molecule has 0 rings (SSSR count). The Kier molecular flexibility index (Phi) is 32.6. The van der Waals surface area contributed by atoms with Gasteiger partial charge in [0.05, 0.1) is 39.9 Å². The highest BCUT2D eigenvalue weighted by molar-refractivity contribution is 7.45. The van der Waals surface area contributed by atoms with Crippen molar-refractivity contribution >= 4 is 13.7 Å². The minimum absolute atomic E-state index is 0.0121. The van der Waals surface area contributed by atoms with Crippen LogP contribution in [0.25, 0.3) is 0 Å². The Morgan fingerprint density at radius 2 is 1.12 bits per heavy atom. The number of aliphatic hydroxyl groups is 1. The van der Waals surface area contributed by atoms with E-state index in [1.54, 1.807) is 0 Å². The van der Waals surface area contributed by atoms with Gasteiger partial charge in [0, 0.05) is 6.42 Å². The van der Waals surface area contributed by atoms with Gasteiger partial charge in [0.2, 0.25) is 5.91 Å². The van der Waals surface area contributed by atoms with E-state index in [1.807, 2.05) is 21.1 Å². The van der Waals surface area contributed by atoms with Crippen molar-refractivity contribution in [3.8, 4) is 0 Å². The molecule has 0 aromatic carbocycles. The van der Waals surface area contributed by atoms with Crippen molar-refractivity contribution in [2.45, 2.75) is 199 Å². The van der Waals surface area contributed by atoms with E-state index in [4.69, 9.17) is 9.05 Å². The van der Waals surface area contributed by atoms with Gasteiger partial charge in [0.15, 0.2) is 0 Å². The number of quaternary nitrogens is 1. The number of likely N-dealkylation sites (N-methyl/N-ethyl adjacent to an activating group) is 1. The van der Waals surface area contributed by atoms with Crippen LogP contribution in [-0.4, -0.2) is 68.5 Å². The number of rotatable bonds is 37. The number of carbonyl (C=O) groups excluding carboxylic acids is 1. The van der Waals surface area contributed by atoms with Crippen molar-refractivity contribution in [1.82, 2.24) is 5.32 Å². The van der Waals surface area contributed by atoms with Crippen LogP contribution in [-0.2, 0) is 18.4 Å². The molecule has 3 atom stereocenters. The number of nitrogens with zero attached hydrogens (tertiary/aromatic N) is 1. The van der Waals surface area contributed by atoms with E-state index in [9.17, 15) is 19.4 Å². The zero-order valence-corrected chi connectivity index (χ0v) is 33.8. The second-order valence-corrected chi connectivity index (χ2v) is 16.8. The largest absolute Gasteiger partial charge is 0.756 e. The highest BCUT2D eigenvalue weighted by Crippen LogP contribution is 2.38. The topological polar surface area (TPSA) is 108 Å². The Morgan fingerprint density at radius 3 is 1.63 bits per heavy atom. The van der Waals surface area contributed by atoms with Crippen LogP contribution < -0.4 is 10.2 Å². The molecule has 2 N–H and O–H groups in total. The molecule has 0 bridgehead atoms. The van der Waals surface area contributed by atoms with Crippen LogP contribution in [0.3, 0.4) is 0 Å². The molecule has 0 fully saturated rings. The first-order valence-electron chi connectivity index (χ1n) is 20.5. The number of hydrogen-bond donors (Lipinski definition) is 2. The Hall–Kier alpha value is -0.760. The van der Waals surface area contributed by atoms with Gasteiger partial charge in [0.1, 0.15) is 13.2 Å². The van der Waals surface area contributed by atoms with E-state index in [0.29, 0.717) is 23.9 Å². The van der Waals surface area contributed by atoms with Crippen molar-refractivity contribution in [1.29, 1.82) is 0 Å². The summed E-state index contributed by atoms with van der Waals surface area (Å²) in [5.41, 5.74) is 0. The third kappa shape index (κ3) is 35.4. The maximum atomic E-state index is 12.8. The van der Waals surface area contributed by atoms with E-state index in [-0.39, 0.29) is 19.1 Å². The van der Waals surface area contributed by atoms with Crippen molar-refractivity contribution < 1.29 is 32.9 Å². The SMILES string of the molecule is CCCCC/C=C\CCCCCCCC(=O)NC(COP(=O)([O-])OCC[N+](C)(C)C)C(O)CCCCCCCCCCCCCCCCC. The standard InChI is InChI=1S/C40H81N2O6P/c1-6-8-10-12-14-16-18-20-21-22-23-25-27-29-31-33-39(43)38(37-48-49(45,46)47-36-35-42(3,4)5)41-40(44)34-32-30-28-26-24-19-17-15-13-11-9-7-2/h15,17,38-39,43H,6-14,16,18-37H2,1-5H3,(H-,41,44,45,46)/b17-15-. The maximum absolute atomic E-state index is 12.8. The normalized spacial score (nSPS) is 14.7. The number of nitrogens with one attached hydrogen (secondary N) is 1. The first-order valence-corrected chi connectivity index (χ1v) is 22.0. The van der Waals surface area contributed by atoms with Gasteiger partial charge in [0.25, 0.3) is 7.82 Å². The van der Waals surface area contributed by atoms with Gasteiger partial charge >= 0.3 is 0 Å². The van der Waals surface area contributed by atoms with Crippen LogP contribution in [0.5, 0.6) is 0 Å². The fourth-order valence-electron chi connectivity index (χ4n) is 5.92. The summed E-state index contributed by atoms with van der Waals surface area (Å²) < 4.78 is 23.2. The number of aliphatic hydroxyl groups excluding tert-OH is 1. The predicted molar refractivity (Wildman–Crippen MR) is 205 cm³/mol. The zero-order chi connectivity index (χ0) is 36.5. The Morgan fingerprint density at radius 1 is 0.694 bits per heavy atom. The van der Waals surface area contributed by atoms with Gasteiger partial charge < -0.3 is 28.8 Å². The van der Waals surface area contributed by atoms with Crippen molar-refractivity contribution in [2.24, 2.45) is 0 Å². The van der Waals surface area contributed by atoms with Crippen LogP contribution in [0.15, 0.2) is 12.2 Å². The lowest BCUT2D eigenvalue weighted by Gasteiger charge is -2.30. The lowest BCUT2D eigenvalue weighted by molar-refractivity contribution is -0.870. The second-order valence-electron chi connectivity index (χ2n) is 15.3. The average Bonchev–Trinajstić information content (AvgIpc) is 3.04. The minimum Gasteiger partial charge on any atom is -0.756 e. The summed E-state index contributed by atoms with van der Waals surface area (Å²) in [6.07, 6.45) is 34.9. The summed E-state index contributed by atoms with van der Waals surface area (Å²) in [6.45, 7) is 4.68. The summed E-state index contributed by atoms with van der Waals surface area (Å²) in [7, 11) is 1.30. The van der Waals surface area contributed by atoms with E-state index in [2.05, 4.69) is 31.3 Å². The van der Waals surface area contributed by atoms with Crippen LogP contribution in [0.4, 0.5) is 0 Å². The van der Waals surface area contributed by atoms with E-state index in [1.165, 1.54) is 109 Å². The molecule has 0 saturated carbocycles. The number of phosphoric ester groups is 1. The molecule has 0 aliphatic heterocycles. The molecule has 292 valence electrons. The highest BCUT2D eigenvalue weighted by atomic mass is 31.2. The van der Waals surface area contributed by atoms with E-state index < -0.39 is 20.0 Å². The minimum atomic E-state index is -4.56. The number of unbranched alkanes of at least 4 members (excludes halogenated alkanes) is 22. The molecule has 49 heavy (non-hydrogen) atoms. The molecular formula is C40H81N2O6P. The fraction of sp³-hybridized carbons (Fsp3) is 0.925. The molecular weight excluding hydrogens is 635 g/mol. The number of allylic oxidation sites excluding steroid dienone is 2. The molecule has 9 heteroatoms. The average molecular weight is 717 g/mol. The number of phosphoric acid groups is 1. The Balaban J connectivity index is 4.42. The maximum Gasteiger partial charge on any atom is 0.268 e. The van der Waals surface area contributed by atoms with Gasteiger partial charge in [-0.05, 0) is 38.5 Å².